The molecule has 0 N–H and O–H groups in total. The van der Waals surface area contributed by atoms with Crippen LogP contribution in [0.25, 0.3) is 0 Å². The molecule has 2 aromatic heterocycles. The number of aryl methyl sites for hydroxylation is 2. The first kappa shape index (κ1) is 17.5. The summed E-state index contributed by atoms with van der Waals surface area (Å²) in [7, 11) is 0. The molecule has 0 aliphatic carbocycles. The van der Waals surface area contributed by atoms with Crippen LogP contribution in [0, 0.1) is 0 Å². The molecule has 0 saturated heterocycles. The molecular formula is C21H24N4O2. The fraction of sp³-hybridized carbons (Fsp3) is 0.381. The summed E-state index contributed by atoms with van der Waals surface area (Å²) < 4.78 is 7.69. The van der Waals surface area contributed by atoms with E-state index in [1.54, 1.807) is 10.9 Å². The molecule has 0 fully saturated rings. The Hall–Kier alpha value is -2.89. The van der Waals surface area contributed by atoms with Gasteiger partial charge in [-0.25, -0.2) is 4.98 Å². The zero-order valence-electron chi connectivity index (χ0n) is 15.5. The van der Waals surface area contributed by atoms with Crippen molar-refractivity contribution in [2.24, 2.45) is 0 Å². The van der Waals surface area contributed by atoms with Crippen LogP contribution in [0.1, 0.15) is 42.3 Å². The third-order valence-corrected chi connectivity index (χ3v) is 5.07. The lowest BCUT2D eigenvalue weighted by molar-refractivity contribution is -0.136. The maximum atomic E-state index is 13.0. The van der Waals surface area contributed by atoms with Crippen LogP contribution < -0.4 is 0 Å². The molecule has 1 aliphatic heterocycles. The number of hydrogen-bond acceptors (Lipinski definition) is 4. The van der Waals surface area contributed by atoms with Gasteiger partial charge < -0.3 is 9.32 Å². The minimum Gasteiger partial charge on any atom is -0.445 e. The molecule has 0 bridgehead atoms. The summed E-state index contributed by atoms with van der Waals surface area (Å²) in [5, 5.41) is 4.24. The van der Waals surface area contributed by atoms with Gasteiger partial charge in [0.05, 0.1) is 6.54 Å². The highest BCUT2D eigenvalue weighted by Gasteiger charge is 2.30. The van der Waals surface area contributed by atoms with Gasteiger partial charge in [0.2, 0.25) is 5.91 Å². The monoisotopic (exact) mass is 364 g/mol. The topological polar surface area (TPSA) is 64.2 Å². The maximum absolute atomic E-state index is 13.0. The minimum atomic E-state index is -0.258. The largest absolute Gasteiger partial charge is 0.445 e. The van der Waals surface area contributed by atoms with Crippen molar-refractivity contribution in [1.82, 2.24) is 19.7 Å². The molecule has 0 spiro atoms. The van der Waals surface area contributed by atoms with E-state index in [0.29, 0.717) is 19.5 Å². The SMILES string of the molecule is CCC(C(=O)N1CCc2oc(CCc3ccccc3)nc2C1)n1cccn1. The van der Waals surface area contributed by atoms with E-state index in [-0.39, 0.29) is 11.9 Å². The van der Waals surface area contributed by atoms with Gasteiger partial charge in [-0.3, -0.25) is 9.48 Å². The van der Waals surface area contributed by atoms with Gasteiger partial charge in [-0.2, -0.15) is 5.10 Å². The summed E-state index contributed by atoms with van der Waals surface area (Å²) in [6, 6.07) is 11.9. The summed E-state index contributed by atoms with van der Waals surface area (Å²) in [4.78, 5) is 19.5. The molecule has 1 aliphatic rings. The first-order valence-corrected chi connectivity index (χ1v) is 9.54. The summed E-state index contributed by atoms with van der Waals surface area (Å²) >= 11 is 0. The molecule has 1 amide bonds. The van der Waals surface area contributed by atoms with E-state index in [2.05, 4.69) is 22.2 Å². The van der Waals surface area contributed by atoms with E-state index in [0.717, 1.165) is 36.6 Å². The van der Waals surface area contributed by atoms with Crippen LogP contribution in [0.15, 0.2) is 53.2 Å². The van der Waals surface area contributed by atoms with Crippen molar-refractivity contribution >= 4 is 5.91 Å². The van der Waals surface area contributed by atoms with E-state index >= 15 is 0 Å². The van der Waals surface area contributed by atoms with Gasteiger partial charge >= 0.3 is 0 Å². The second-order valence-electron chi connectivity index (χ2n) is 6.88. The number of aromatic nitrogens is 3. The Bertz CT molecular complexity index is 886. The highest BCUT2D eigenvalue weighted by molar-refractivity contribution is 5.80. The van der Waals surface area contributed by atoms with Gasteiger partial charge in [-0.15, -0.1) is 0 Å². The van der Waals surface area contributed by atoms with Crippen LogP contribution in [0.5, 0.6) is 0 Å². The zero-order chi connectivity index (χ0) is 18.6. The molecule has 1 atom stereocenters. The second kappa shape index (κ2) is 7.78. The lowest BCUT2D eigenvalue weighted by Gasteiger charge is -2.29. The smallest absolute Gasteiger partial charge is 0.247 e. The maximum Gasteiger partial charge on any atom is 0.247 e. The van der Waals surface area contributed by atoms with Crippen LogP contribution >= 0.6 is 0 Å². The lowest BCUT2D eigenvalue weighted by atomic mass is 10.1. The molecule has 6 heteroatoms. The van der Waals surface area contributed by atoms with Crippen molar-refractivity contribution in [3.8, 4) is 0 Å². The first-order chi connectivity index (χ1) is 13.2. The van der Waals surface area contributed by atoms with Crippen molar-refractivity contribution < 1.29 is 9.21 Å². The predicted octanol–water partition coefficient (Wildman–Crippen LogP) is 3.19. The Morgan fingerprint density at radius 2 is 2.07 bits per heavy atom. The van der Waals surface area contributed by atoms with E-state index < -0.39 is 0 Å². The Morgan fingerprint density at radius 3 is 2.81 bits per heavy atom. The third-order valence-electron chi connectivity index (χ3n) is 5.07. The van der Waals surface area contributed by atoms with Crippen LogP contribution in [0.4, 0.5) is 0 Å². The van der Waals surface area contributed by atoms with E-state index in [9.17, 15) is 4.79 Å². The summed E-state index contributed by atoms with van der Waals surface area (Å²) in [5.41, 5.74) is 2.17. The molecule has 3 aromatic rings. The van der Waals surface area contributed by atoms with Crippen LogP contribution in [0.2, 0.25) is 0 Å². The van der Waals surface area contributed by atoms with E-state index in [1.165, 1.54) is 5.56 Å². The molecule has 0 radical (unpaired) electrons. The van der Waals surface area contributed by atoms with Crippen molar-refractivity contribution in [3.63, 3.8) is 0 Å². The Kier molecular flexibility index (Phi) is 5.05. The molecule has 3 heterocycles. The standard InChI is InChI=1S/C21H24N4O2/c1-2-18(25-13-6-12-22-25)21(26)24-14-11-19-17(15-24)23-20(27-19)10-9-16-7-4-3-5-8-16/h3-8,12-13,18H,2,9-11,14-15H2,1H3. The number of benzene rings is 1. The Morgan fingerprint density at radius 1 is 1.22 bits per heavy atom. The minimum absolute atomic E-state index is 0.0979. The number of hydrogen-bond donors (Lipinski definition) is 0. The number of carbonyl (C=O) groups excluding carboxylic acids is 1. The Labute approximate surface area is 158 Å². The van der Waals surface area contributed by atoms with Crippen LogP contribution in [-0.4, -0.2) is 32.1 Å². The van der Waals surface area contributed by atoms with Gasteiger partial charge in [-0.1, -0.05) is 37.3 Å². The lowest BCUT2D eigenvalue weighted by Crippen LogP contribution is -2.40. The fourth-order valence-electron chi connectivity index (χ4n) is 3.59. The second-order valence-corrected chi connectivity index (χ2v) is 6.88. The van der Waals surface area contributed by atoms with Crippen molar-refractivity contribution in [2.75, 3.05) is 6.54 Å². The number of amides is 1. The Balaban J connectivity index is 1.42. The highest BCUT2D eigenvalue weighted by atomic mass is 16.4. The third kappa shape index (κ3) is 3.79. The van der Waals surface area contributed by atoms with Crippen LogP contribution in [-0.2, 0) is 30.6 Å². The first-order valence-electron chi connectivity index (χ1n) is 9.54. The molecular weight excluding hydrogens is 340 g/mol. The van der Waals surface area contributed by atoms with E-state index in [4.69, 9.17) is 4.42 Å². The van der Waals surface area contributed by atoms with Crippen molar-refractivity contribution in [2.45, 2.75) is 45.2 Å². The van der Waals surface area contributed by atoms with Gasteiger partial charge in [0.25, 0.3) is 0 Å². The quantitative estimate of drug-likeness (QED) is 0.674. The number of carbonyl (C=O) groups is 1. The molecule has 1 aromatic carbocycles. The number of nitrogens with zero attached hydrogens (tertiary/aromatic N) is 4. The predicted molar refractivity (Wildman–Crippen MR) is 101 cm³/mol. The van der Waals surface area contributed by atoms with Crippen LogP contribution in [0.3, 0.4) is 0 Å². The van der Waals surface area contributed by atoms with Gasteiger partial charge in [0, 0.05) is 31.8 Å². The van der Waals surface area contributed by atoms with Crippen molar-refractivity contribution in [3.05, 3.63) is 71.7 Å². The van der Waals surface area contributed by atoms with Gasteiger partial charge in [0.1, 0.15) is 17.5 Å². The molecule has 1 unspecified atom stereocenters. The molecule has 140 valence electrons. The van der Waals surface area contributed by atoms with Crippen molar-refractivity contribution in [1.29, 1.82) is 0 Å². The van der Waals surface area contributed by atoms with E-state index in [1.807, 2.05) is 42.3 Å². The average Bonchev–Trinajstić information content (AvgIpc) is 3.37. The van der Waals surface area contributed by atoms with Gasteiger partial charge in [-0.05, 0) is 24.5 Å². The summed E-state index contributed by atoms with van der Waals surface area (Å²) in [5.74, 6) is 1.78. The number of rotatable bonds is 6. The van der Waals surface area contributed by atoms with Gasteiger partial charge in [0.15, 0.2) is 5.89 Å². The zero-order valence-corrected chi connectivity index (χ0v) is 15.5. The fourth-order valence-corrected chi connectivity index (χ4v) is 3.59. The average molecular weight is 364 g/mol. The molecule has 6 nitrogen and oxygen atoms in total. The summed E-state index contributed by atoms with van der Waals surface area (Å²) in [6.45, 7) is 3.19. The molecule has 4 rings (SSSR count). The normalized spacial score (nSPS) is 14.8. The molecule has 0 saturated carbocycles. The highest BCUT2D eigenvalue weighted by Crippen LogP contribution is 2.24. The number of fused-ring (bicyclic) bond motifs is 1. The molecule has 27 heavy (non-hydrogen) atoms. The summed E-state index contributed by atoms with van der Waals surface area (Å²) in [6.07, 6.45) is 6.66. The number of oxazole rings is 1.